The van der Waals surface area contributed by atoms with Crippen molar-refractivity contribution in [2.24, 2.45) is 0 Å². The molecule has 3 aromatic rings. The lowest BCUT2D eigenvalue weighted by atomic mass is 10.2. The van der Waals surface area contributed by atoms with Gasteiger partial charge in [-0.2, -0.15) is 0 Å². The van der Waals surface area contributed by atoms with Crippen LogP contribution in [0.1, 0.15) is 0 Å². The molecule has 3 rings (SSSR count). The first-order valence-corrected chi connectivity index (χ1v) is 5.90. The van der Waals surface area contributed by atoms with Crippen LogP contribution in [0.15, 0.2) is 43.0 Å². The molecule has 0 fully saturated rings. The molecule has 6 heteroatoms. The van der Waals surface area contributed by atoms with Crippen molar-refractivity contribution in [1.29, 1.82) is 0 Å². The fraction of sp³-hybridized carbons (Fsp3) is 0. The minimum Gasteiger partial charge on any atom is -0.437 e. The number of rotatable bonds is 2. The molecule has 0 radical (unpaired) electrons. The molecule has 2 heterocycles. The average Bonchev–Trinajstić information content (AvgIpc) is 2.44. The van der Waals surface area contributed by atoms with Gasteiger partial charge in [-0.3, -0.25) is 4.98 Å². The number of benzene rings is 1. The van der Waals surface area contributed by atoms with Crippen molar-refractivity contribution >= 4 is 28.2 Å². The molecule has 0 atom stereocenters. The highest BCUT2D eigenvalue weighted by atomic mass is 35.5. The van der Waals surface area contributed by atoms with E-state index in [1.54, 1.807) is 18.3 Å². The summed E-state index contributed by atoms with van der Waals surface area (Å²) in [5, 5.41) is 1.15. The van der Waals surface area contributed by atoms with E-state index in [0.29, 0.717) is 27.9 Å². The Labute approximate surface area is 114 Å². The molecule has 0 saturated carbocycles. The van der Waals surface area contributed by atoms with Crippen molar-refractivity contribution in [2.75, 3.05) is 5.73 Å². The molecule has 5 nitrogen and oxygen atoms in total. The monoisotopic (exact) mass is 272 g/mol. The fourth-order valence-electron chi connectivity index (χ4n) is 1.74. The van der Waals surface area contributed by atoms with Gasteiger partial charge in [0.25, 0.3) is 0 Å². The van der Waals surface area contributed by atoms with Crippen LogP contribution in [-0.4, -0.2) is 15.0 Å². The summed E-state index contributed by atoms with van der Waals surface area (Å²) in [4.78, 5) is 12.0. The van der Waals surface area contributed by atoms with Crippen LogP contribution in [0, 0.1) is 0 Å². The first kappa shape index (κ1) is 11.7. The van der Waals surface area contributed by atoms with Crippen LogP contribution in [0.4, 0.5) is 5.69 Å². The number of aromatic nitrogens is 3. The number of hydrogen-bond donors (Lipinski definition) is 1. The van der Waals surface area contributed by atoms with Gasteiger partial charge in [0, 0.05) is 11.6 Å². The van der Waals surface area contributed by atoms with E-state index in [2.05, 4.69) is 15.0 Å². The number of nitrogens with two attached hydrogens (primary N) is 1. The van der Waals surface area contributed by atoms with Crippen LogP contribution in [0.25, 0.3) is 10.9 Å². The lowest BCUT2D eigenvalue weighted by Gasteiger charge is -2.09. The second-order valence-corrected chi connectivity index (χ2v) is 4.24. The molecule has 0 amide bonds. The van der Waals surface area contributed by atoms with Gasteiger partial charge in [0.05, 0.1) is 17.4 Å². The van der Waals surface area contributed by atoms with Gasteiger partial charge in [-0.1, -0.05) is 11.6 Å². The lowest BCUT2D eigenvalue weighted by molar-refractivity contribution is 0.467. The van der Waals surface area contributed by atoms with E-state index in [1.165, 1.54) is 12.5 Å². The molecule has 0 aliphatic carbocycles. The smallest absolute Gasteiger partial charge is 0.241 e. The van der Waals surface area contributed by atoms with Gasteiger partial charge in [0.2, 0.25) is 5.88 Å². The second kappa shape index (κ2) is 4.70. The summed E-state index contributed by atoms with van der Waals surface area (Å²) >= 11 is 5.97. The summed E-state index contributed by atoms with van der Waals surface area (Å²) in [5.74, 6) is 0.893. The average molecular weight is 273 g/mol. The Morgan fingerprint density at radius 1 is 1.16 bits per heavy atom. The molecule has 0 aliphatic rings. The number of anilines is 1. The van der Waals surface area contributed by atoms with E-state index in [4.69, 9.17) is 22.1 Å². The highest BCUT2D eigenvalue weighted by Gasteiger charge is 2.09. The maximum atomic E-state index is 5.97. The highest BCUT2D eigenvalue weighted by Crippen LogP contribution is 2.33. The quantitative estimate of drug-likeness (QED) is 0.726. The van der Waals surface area contributed by atoms with E-state index in [1.807, 2.05) is 12.1 Å². The van der Waals surface area contributed by atoms with Gasteiger partial charge in [-0.15, -0.1) is 0 Å². The van der Waals surface area contributed by atoms with Crippen LogP contribution in [0.5, 0.6) is 11.6 Å². The molecular formula is C13H9ClN4O. The number of ether oxygens (including phenoxy) is 1. The number of nitrogens with zero attached hydrogens (tertiary/aromatic N) is 3. The number of halogens is 1. The first-order chi connectivity index (χ1) is 9.25. The third-order valence-corrected chi connectivity index (χ3v) is 2.86. The van der Waals surface area contributed by atoms with Gasteiger partial charge in [0.1, 0.15) is 17.1 Å². The molecule has 2 N–H and O–H groups in total. The van der Waals surface area contributed by atoms with Crippen LogP contribution in [0.3, 0.4) is 0 Å². The lowest BCUT2D eigenvalue weighted by Crippen LogP contribution is -1.94. The fourth-order valence-corrected chi connectivity index (χ4v) is 1.88. The van der Waals surface area contributed by atoms with Crippen molar-refractivity contribution in [3.8, 4) is 11.6 Å². The Hall–Kier alpha value is -2.40. The van der Waals surface area contributed by atoms with Crippen LogP contribution < -0.4 is 10.5 Å². The molecule has 19 heavy (non-hydrogen) atoms. The minimum absolute atomic E-state index is 0.298. The first-order valence-electron chi connectivity index (χ1n) is 5.52. The van der Waals surface area contributed by atoms with Crippen LogP contribution >= 0.6 is 11.6 Å². The van der Waals surface area contributed by atoms with Gasteiger partial charge in [0.15, 0.2) is 0 Å². The van der Waals surface area contributed by atoms with Crippen molar-refractivity contribution in [1.82, 2.24) is 15.0 Å². The predicted octanol–water partition coefficient (Wildman–Crippen LogP) is 3.05. The minimum atomic E-state index is 0.298. The van der Waals surface area contributed by atoms with Crippen molar-refractivity contribution in [2.45, 2.75) is 0 Å². The molecule has 94 valence electrons. The molecular weight excluding hydrogens is 264 g/mol. The number of fused-ring (bicyclic) bond motifs is 1. The Morgan fingerprint density at radius 2 is 2.05 bits per heavy atom. The summed E-state index contributed by atoms with van der Waals surface area (Å²) in [6.07, 6.45) is 4.53. The van der Waals surface area contributed by atoms with E-state index in [-0.39, 0.29) is 0 Å². The zero-order chi connectivity index (χ0) is 13.2. The maximum Gasteiger partial charge on any atom is 0.241 e. The third kappa shape index (κ3) is 2.15. The van der Waals surface area contributed by atoms with E-state index in [0.717, 1.165) is 5.39 Å². The molecule has 0 spiro atoms. The Bertz CT molecular complexity index is 748. The molecule has 2 aromatic heterocycles. The molecule has 0 bridgehead atoms. The SMILES string of the molecule is Nc1ccc(Oc2ncncc2Cl)c2cccnc12. The highest BCUT2D eigenvalue weighted by molar-refractivity contribution is 6.31. The zero-order valence-electron chi connectivity index (χ0n) is 9.75. The summed E-state index contributed by atoms with van der Waals surface area (Å²) < 4.78 is 5.70. The largest absolute Gasteiger partial charge is 0.437 e. The normalized spacial score (nSPS) is 10.6. The topological polar surface area (TPSA) is 73.9 Å². The standard InChI is InChI=1S/C13H9ClN4O/c14-9-6-16-7-18-13(9)19-11-4-3-10(15)12-8(11)2-1-5-17-12/h1-7H,15H2. The molecule has 0 unspecified atom stereocenters. The van der Waals surface area contributed by atoms with Crippen LogP contribution in [0.2, 0.25) is 5.02 Å². The van der Waals surface area contributed by atoms with Gasteiger partial charge in [-0.25, -0.2) is 9.97 Å². The van der Waals surface area contributed by atoms with Crippen LogP contribution in [-0.2, 0) is 0 Å². The predicted molar refractivity (Wildman–Crippen MR) is 73.3 cm³/mol. The van der Waals surface area contributed by atoms with Crippen molar-refractivity contribution in [3.63, 3.8) is 0 Å². The molecule has 0 saturated heterocycles. The zero-order valence-corrected chi connectivity index (χ0v) is 10.5. The second-order valence-electron chi connectivity index (χ2n) is 3.83. The van der Waals surface area contributed by atoms with E-state index >= 15 is 0 Å². The van der Waals surface area contributed by atoms with Gasteiger partial charge >= 0.3 is 0 Å². The van der Waals surface area contributed by atoms with Crippen molar-refractivity contribution < 1.29 is 4.74 Å². The Morgan fingerprint density at radius 3 is 2.89 bits per heavy atom. The van der Waals surface area contributed by atoms with Crippen molar-refractivity contribution in [3.05, 3.63) is 48.0 Å². The molecule has 1 aromatic carbocycles. The summed E-state index contributed by atoms with van der Waals surface area (Å²) in [7, 11) is 0. The summed E-state index contributed by atoms with van der Waals surface area (Å²) in [6.45, 7) is 0. The maximum absolute atomic E-state index is 5.97. The third-order valence-electron chi connectivity index (χ3n) is 2.60. The summed E-state index contributed by atoms with van der Waals surface area (Å²) in [6, 6.07) is 7.19. The Balaban J connectivity index is 2.12. The van der Waals surface area contributed by atoms with Gasteiger partial charge in [-0.05, 0) is 24.3 Å². The number of nitrogen functional groups attached to an aromatic ring is 1. The number of pyridine rings is 1. The summed E-state index contributed by atoms with van der Waals surface area (Å²) in [5.41, 5.74) is 7.16. The van der Waals surface area contributed by atoms with Gasteiger partial charge < -0.3 is 10.5 Å². The van der Waals surface area contributed by atoms with E-state index in [9.17, 15) is 0 Å². The molecule has 0 aliphatic heterocycles. The number of hydrogen-bond acceptors (Lipinski definition) is 5. The Kier molecular flexibility index (Phi) is 2.89. The van der Waals surface area contributed by atoms with E-state index < -0.39 is 0 Å².